The first-order valence-electron chi connectivity index (χ1n) is 4.18. The molecule has 14 heavy (non-hydrogen) atoms. The molecule has 0 saturated carbocycles. The van der Waals surface area contributed by atoms with E-state index in [-0.39, 0.29) is 0 Å². The lowest BCUT2D eigenvalue weighted by Crippen LogP contribution is -1.92. The topological polar surface area (TPSA) is 44.2 Å². The van der Waals surface area contributed by atoms with Crippen molar-refractivity contribution in [2.24, 2.45) is 0 Å². The molecule has 0 spiro atoms. The Labute approximate surface area is 81.5 Å². The maximum absolute atomic E-state index is 5.09. The van der Waals surface area contributed by atoms with Gasteiger partial charge in [0.25, 0.3) is 0 Å². The van der Waals surface area contributed by atoms with E-state index in [4.69, 9.17) is 9.47 Å². The van der Waals surface area contributed by atoms with Crippen LogP contribution in [0.1, 0.15) is 0 Å². The standard InChI is InChI=1S/C10H10N2O2/c1-13-8-4-3-7-6-11-10(14-2)12-9(7)5-8/h3-6H,1-2H3. The van der Waals surface area contributed by atoms with Crippen molar-refractivity contribution in [3.63, 3.8) is 0 Å². The number of aromatic nitrogens is 2. The third kappa shape index (κ3) is 1.46. The highest BCUT2D eigenvalue weighted by molar-refractivity contribution is 5.79. The SMILES string of the molecule is COc1ccc2cnc(OC)nc2c1. The number of benzene rings is 1. The average molecular weight is 190 g/mol. The molecular weight excluding hydrogens is 180 g/mol. The van der Waals surface area contributed by atoms with Gasteiger partial charge < -0.3 is 9.47 Å². The zero-order valence-electron chi connectivity index (χ0n) is 8.02. The number of nitrogens with zero attached hydrogens (tertiary/aromatic N) is 2. The fourth-order valence-electron chi connectivity index (χ4n) is 1.21. The zero-order valence-corrected chi connectivity index (χ0v) is 8.02. The van der Waals surface area contributed by atoms with Gasteiger partial charge in [0.15, 0.2) is 0 Å². The van der Waals surface area contributed by atoms with E-state index in [9.17, 15) is 0 Å². The Kier molecular flexibility index (Phi) is 2.18. The molecule has 0 unspecified atom stereocenters. The monoisotopic (exact) mass is 190 g/mol. The Bertz CT molecular complexity index is 418. The quantitative estimate of drug-likeness (QED) is 0.722. The van der Waals surface area contributed by atoms with Gasteiger partial charge in [-0.1, -0.05) is 0 Å². The number of hydrogen-bond donors (Lipinski definition) is 0. The van der Waals surface area contributed by atoms with Gasteiger partial charge in [0.1, 0.15) is 5.75 Å². The molecule has 1 heterocycles. The molecule has 0 aliphatic rings. The second-order valence-electron chi connectivity index (χ2n) is 2.78. The molecule has 2 rings (SSSR count). The van der Waals surface area contributed by atoms with Gasteiger partial charge in [-0.2, -0.15) is 4.98 Å². The predicted molar refractivity (Wildman–Crippen MR) is 52.6 cm³/mol. The smallest absolute Gasteiger partial charge is 0.316 e. The molecule has 4 heteroatoms. The highest BCUT2D eigenvalue weighted by atomic mass is 16.5. The molecule has 2 aromatic rings. The lowest BCUT2D eigenvalue weighted by atomic mass is 10.2. The lowest BCUT2D eigenvalue weighted by molar-refractivity contribution is 0.381. The molecule has 0 atom stereocenters. The maximum atomic E-state index is 5.09. The number of ether oxygens (including phenoxy) is 2. The molecule has 0 saturated heterocycles. The molecule has 0 N–H and O–H groups in total. The Morgan fingerprint density at radius 3 is 2.71 bits per heavy atom. The molecule has 0 fully saturated rings. The van der Waals surface area contributed by atoms with Crippen molar-refractivity contribution in [2.75, 3.05) is 14.2 Å². The van der Waals surface area contributed by atoms with Crippen molar-refractivity contribution >= 4 is 10.9 Å². The fourth-order valence-corrected chi connectivity index (χ4v) is 1.21. The van der Waals surface area contributed by atoms with Crippen LogP contribution in [0.15, 0.2) is 24.4 Å². The van der Waals surface area contributed by atoms with E-state index < -0.39 is 0 Å². The zero-order chi connectivity index (χ0) is 9.97. The van der Waals surface area contributed by atoms with Crippen LogP contribution in [0, 0.1) is 0 Å². The third-order valence-electron chi connectivity index (χ3n) is 1.95. The molecule has 4 nitrogen and oxygen atoms in total. The minimum Gasteiger partial charge on any atom is -0.497 e. The van der Waals surface area contributed by atoms with Crippen LogP contribution in [0.5, 0.6) is 11.8 Å². The molecule has 0 amide bonds. The molecule has 0 bridgehead atoms. The molecule has 0 radical (unpaired) electrons. The summed E-state index contributed by atoms with van der Waals surface area (Å²) in [7, 11) is 3.17. The summed E-state index contributed by atoms with van der Waals surface area (Å²) in [6, 6.07) is 6.00. The molecule has 72 valence electrons. The normalized spacial score (nSPS) is 10.1. The van der Waals surface area contributed by atoms with Gasteiger partial charge in [-0.15, -0.1) is 0 Å². The summed E-state index contributed by atoms with van der Waals surface area (Å²) in [6.45, 7) is 0. The van der Waals surface area contributed by atoms with E-state index in [2.05, 4.69) is 9.97 Å². The van der Waals surface area contributed by atoms with Crippen LogP contribution in [-0.2, 0) is 0 Å². The van der Waals surface area contributed by atoms with Gasteiger partial charge in [-0.3, -0.25) is 0 Å². The molecule has 0 aliphatic carbocycles. The van der Waals surface area contributed by atoms with Gasteiger partial charge in [0.05, 0.1) is 19.7 Å². The summed E-state index contributed by atoms with van der Waals surface area (Å²) in [5, 5.41) is 0.964. The van der Waals surface area contributed by atoms with Crippen molar-refractivity contribution in [1.82, 2.24) is 9.97 Å². The van der Waals surface area contributed by atoms with Crippen LogP contribution >= 0.6 is 0 Å². The summed E-state index contributed by atoms with van der Waals surface area (Å²) in [5.74, 6) is 0.776. The summed E-state index contributed by atoms with van der Waals surface area (Å²) in [5.41, 5.74) is 0.816. The van der Waals surface area contributed by atoms with Gasteiger partial charge in [0, 0.05) is 17.6 Å². The Balaban J connectivity index is 2.60. The van der Waals surface area contributed by atoms with Crippen LogP contribution in [-0.4, -0.2) is 24.2 Å². The van der Waals surface area contributed by atoms with Crippen LogP contribution in [0.25, 0.3) is 10.9 Å². The van der Waals surface area contributed by atoms with Crippen molar-refractivity contribution in [3.8, 4) is 11.8 Å². The minimum absolute atomic E-state index is 0.366. The molecular formula is C10H10N2O2. The van der Waals surface area contributed by atoms with Crippen LogP contribution < -0.4 is 9.47 Å². The second kappa shape index (κ2) is 3.49. The van der Waals surface area contributed by atoms with Crippen molar-refractivity contribution < 1.29 is 9.47 Å². The van der Waals surface area contributed by atoms with Gasteiger partial charge in [-0.25, -0.2) is 4.98 Å². The Hall–Kier alpha value is -1.84. The van der Waals surface area contributed by atoms with Gasteiger partial charge in [0.2, 0.25) is 0 Å². The first-order valence-corrected chi connectivity index (χ1v) is 4.18. The lowest BCUT2D eigenvalue weighted by Gasteiger charge is -2.02. The average Bonchev–Trinajstić information content (AvgIpc) is 2.27. The summed E-state index contributed by atoms with van der Waals surface area (Å²) < 4.78 is 10.0. The van der Waals surface area contributed by atoms with Crippen LogP contribution in [0.4, 0.5) is 0 Å². The second-order valence-corrected chi connectivity index (χ2v) is 2.78. The van der Waals surface area contributed by atoms with Crippen molar-refractivity contribution in [2.45, 2.75) is 0 Å². The number of rotatable bonds is 2. The van der Waals surface area contributed by atoms with E-state index in [1.54, 1.807) is 20.4 Å². The third-order valence-corrected chi connectivity index (χ3v) is 1.95. The Morgan fingerprint density at radius 1 is 1.14 bits per heavy atom. The van der Waals surface area contributed by atoms with E-state index in [1.165, 1.54) is 0 Å². The highest BCUT2D eigenvalue weighted by Crippen LogP contribution is 2.19. The highest BCUT2D eigenvalue weighted by Gasteiger charge is 2.00. The predicted octanol–water partition coefficient (Wildman–Crippen LogP) is 1.65. The number of fused-ring (bicyclic) bond motifs is 1. The summed E-state index contributed by atoms with van der Waals surface area (Å²) >= 11 is 0. The van der Waals surface area contributed by atoms with E-state index in [0.29, 0.717) is 6.01 Å². The van der Waals surface area contributed by atoms with E-state index in [1.807, 2.05) is 18.2 Å². The first kappa shape index (κ1) is 8.74. The maximum Gasteiger partial charge on any atom is 0.316 e. The largest absolute Gasteiger partial charge is 0.497 e. The van der Waals surface area contributed by atoms with E-state index >= 15 is 0 Å². The van der Waals surface area contributed by atoms with Gasteiger partial charge >= 0.3 is 6.01 Å². The van der Waals surface area contributed by atoms with E-state index in [0.717, 1.165) is 16.7 Å². The molecule has 1 aromatic carbocycles. The summed E-state index contributed by atoms with van der Waals surface area (Å²) in [4.78, 5) is 8.20. The van der Waals surface area contributed by atoms with Crippen molar-refractivity contribution in [3.05, 3.63) is 24.4 Å². The fraction of sp³-hybridized carbons (Fsp3) is 0.200. The van der Waals surface area contributed by atoms with Crippen molar-refractivity contribution in [1.29, 1.82) is 0 Å². The molecule has 0 aliphatic heterocycles. The van der Waals surface area contributed by atoms with Crippen LogP contribution in [0.2, 0.25) is 0 Å². The minimum atomic E-state index is 0.366. The first-order chi connectivity index (χ1) is 6.83. The molecule has 1 aromatic heterocycles. The van der Waals surface area contributed by atoms with Gasteiger partial charge in [-0.05, 0) is 12.1 Å². The summed E-state index contributed by atoms with van der Waals surface area (Å²) in [6.07, 6.45) is 1.72. The number of hydrogen-bond acceptors (Lipinski definition) is 4. The Morgan fingerprint density at radius 2 is 2.00 bits per heavy atom. The van der Waals surface area contributed by atoms with Crippen LogP contribution in [0.3, 0.4) is 0 Å². The number of methoxy groups -OCH3 is 2.